The maximum Gasteiger partial charge on any atom is 0.303 e. The highest BCUT2D eigenvalue weighted by atomic mass is 32.2. The molecule has 28 heavy (non-hydrogen) atoms. The van der Waals surface area contributed by atoms with Gasteiger partial charge in [0, 0.05) is 32.7 Å². The summed E-state index contributed by atoms with van der Waals surface area (Å²) in [6.45, 7) is 3.84. The predicted molar refractivity (Wildman–Crippen MR) is 98.9 cm³/mol. The Morgan fingerprint density at radius 1 is 0.893 bits per heavy atom. The summed E-state index contributed by atoms with van der Waals surface area (Å²) in [4.78, 5) is 42.1. The van der Waals surface area contributed by atoms with Crippen LogP contribution in [0.15, 0.2) is 35.2 Å². The number of likely N-dealkylation sites (N-methyl/N-ethyl adjacent to an activating group) is 1. The number of ether oxygens (including phenoxy) is 3. The molecule has 1 heterocycles. The van der Waals surface area contributed by atoms with Crippen LogP contribution in [0.4, 0.5) is 0 Å². The van der Waals surface area contributed by atoms with Crippen molar-refractivity contribution in [3.63, 3.8) is 0 Å². The Bertz CT molecular complexity index is 743. The molecule has 0 bridgehead atoms. The molecule has 1 saturated carbocycles. The molecule has 0 N–H and O–H groups in total. The van der Waals surface area contributed by atoms with Crippen molar-refractivity contribution >= 4 is 29.7 Å². The van der Waals surface area contributed by atoms with Crippen molar-refractivity contribution in [2.24, 2.45) is 5.92 Å². The lowest BCUT2D eigenvalue weighted by Gasteiger charge is -2.29. The van der Waals surface area contributed by atoms with Crippen molar-refractivity contribution in [2.75, 3.05) is 7.05 Å². The molecule has 152 valence electrons. The first kappa shape index (κ1) is 20.6. The van der Waals surface area contributed by atoms with Crippen molar-refractivity contribution in [3.8, 4) is 0 Å². The highest BCUT2D eigenvalue weighted by Gasteiger charge is 2.64. The predicted octanol–water partition coefficient (Wildman–Crippen LogP) is 1.78. The van der Waals surface area contributed by atoms with Gasteiger partial charge in [0.15, 0.2) is 18.3 Å². The largest absolute Gasteiger partial charge is 0.458 e. The number of esters is 3. The van der Waals surface area contributed by atoms with Gasteiger partial charge in [0.1, 0.15) is 5.44 Å². The third-order valence-electron chi connectivity index (χ3n) is 4.66. The van der Waals surface area contributed by atoms with E-state index in [4.69, 9.17) is 19.0 Å². The van der Waals surface area contributed by atoms with Gasteiger partial charge in [-0.05, 0) is 12.1 Å². The van der Waals surface area contributed by atoms with E-state index in [-0.39, 0.29) is 5.92 Å². The lowest BCUT2D eigenvalue weighted by molar-refractivity contribution is -0.193. The third kappa shape index (κ3) is 4.31. The monoisotopic (exact) mass is 409 g/mol. The molecule has 6 atom stereocenters. The van der Waals surface area contributed by atoms with E-state index in [9.17, 15) is 14.4 Å². The number of hydroxylamine groups is 2. The van der Waals surface area contributed by atoms with Gasteiger partial charge in [-0.15, -0.1) is 0 Å². The van der Waals surface area contributed by atoms with Gasteiger partial charge >= 0.3 is 17.9 Å². The van der Waals surface area contributed by atoms with Gasteiger partial charge < -0.3 is 14.2 Å². The summed E-state index contributed by atoms with van der Waals surface area (Å²) in [5.74, 6) is -1.94. The molecule has 9 heteroatoms. The van der Waals surface area contributed by atoms with Crippen molar-refractivity contribution in [1.29, 1.82) is 0 Å². The van der Waals surface area contributed by atoms with Gasteiger partial charge in [-0.25, -0.2) is 0 Å². The molecule has 0 aromatic heterocycles. The van der Waals surface area contributed by atoms with Crippen molar-refractivity contribution < 1.29 is 33.4 Å². The normalized spacial score (nSPS) is 31.9. The molecule has 3 rings (SSSR count). The van der Waals surface area contributed by atoms with Crippen LogP contribution in [0.2, 0.25) is 0 Å². The van der Waals surface area contributed by atoms with E-state index in [0.29, 0.717) is 0 Å². The second-order valence-electron chi connectivity index (χ2n) is 6.74. The first-order chi connectivity index (χ1) is 13.3. The molecule has 1 aliphatic heterocycles. The van der Waals surface area contributed by atoms with Gasteiger partial charge in [-0.1, -0.05) is 30.0 Å². The summed E-state index contributed by atoms with van der Waals surface area (Å²) >= 11 is 1.47. The molecule has 0 unspecified atom stereocenters. The Hall–Kier alpha value is -2.10. The molecule has 0 spiro atoms. The van der Waals surface area contributed by atoms with Crippen LogP contribution in [-0.4, -0.2) is 59.8 Å². The van der Waals surface area contributed by atoms with E-state index >= 15 is 0 Å². The summed E-state index contributed by atoms with van der Waals surface area (Å²) in [5.41, 5.74) is -0.416. The maximum absolute atomic E-state index is 11.8. The molecular weight excluding hydrogens is 386 g/mol. The lowest BCUT2D eigenvalue weighted by atomic mass is 10.0. The second kappa shape index (κ2) is 8.50. The van der Waals surface area contributed by atoms with E-state index in [1.54, 1.807) is 12.1 Å². The Morgan fingerprint density at radius 3 is 2.00 bits per heavy atom. The zero-order chi connectivity index (χ0) is 20.4. The van der Waals surface area contributed by atoms with Crippen LogP contribution in [0.5, 0.6) is 0 Å². The van der Waals surface area contributed by atoms with Crippen LogP contribution in [0.1, 0.15) is 20.8 Å². The number of carbonyl (C=O) groups is 3. The molecule has 1 aliphatic carbocycles. The average Bonchev–Trinajstić information content (AvgIpc) is 3.05. The second-order valence-corrected chi connectivity index (χ2v) is 7.91. The van der Waals surface area contributed by atoms with E-state index in [2.05, 4.69) is 0 Å². The summed E-state index contributed by atoms with van der Waals surface area (Å²) in [6, 6.07) is 9.21. The minimum absolute atomic E-state index is 0.368. The third-order valence-corrected chi connectivity index (χ3v) is 5.84. The smallest absolute Gasteiger partial charge is 0.303 e. The fourth-order valence-electron chi connectivity index (χ4n) is 3.81. The Balaban J connectivity index is 1.95. The van der Waals surface area contributed by atoms with Gasteiger partial charge in [-0.2, -0.15) is 5.06 Å². The number of benzene rings is 1. The Kier molecular flexibility index (Phi) is 6.26. The fourth-order valence-corrected chi connectivity index (χ4v) is 5.04. The van der Waals surface area contributed by atoms with Gasteiger partial charge in [0.2, 0.25) is 0 Å². The van der Waals surface area contributed by atoms with E-state index in [1.807, 2.05) is 30.3 Å². The summed E-state index contributed by atoms with van der Waals surface area (Å²) in [6.07, 6.45) is -2.53. The molecule has 0 amide bonds. The molecule has 8 nitrogen and oxygen atoms in total. The van der Waals surface area contributed by atoms with E-state index in [1.165, 1.54) is 32.5 Å². The van der Waals surface area contributed by atoms with Crippen molar-refractivity contribution in [2.45, 2.75) is 55.5 Å². The van der Waals surface area contributed by atoms with Crippen LogP contribution in [0, 0.1) is 5.92 Å². The number of carbonyl (C=O) groups excluding carboxylic acids is 3. The molecule has 0 radical (unpaired) electrons. The average molecular weight is 409 g/mol. The van der Waals surface area contributed by atoms with Gasteiger partial charge in [0.05, 0.1) is 12.0 Å². The summed E-state index contributed by atoms with van der Waals surface area (Å²) < 4.78 is 16.5. The number of rotatable bonds is 5. The minimum Gasteiger partial charge on any atom is -0.458 e. The SMILES string of the molecule is CC(=O)O[C@@H]1[C@@H](OC(C)=O)[C@H]2[C@@H]([C@H]1OC(C)=O)[C@@H](Sc1ccccc1)ON2C. The summed E-state index contributed by atoms with van der Waals surface area (Å²) in [7, 11) is 1.72. The fraction of sp³-hybridized carbons (Fsp3) is 0.526. The maximum atomic E-state index is 11.8. The minimum atomic E-state index is -0.912. The van der Waals surface area contributed by atoms with Crippen LogP contribution in [0.25, 0.3) is 0 Å². The van der Waals surface area contributed by atoms with Crippen molar-refractivity contribution in [3.05, 3.63) is 30.3 Å². The Labute approximate surface area is 167 Å². The highest BCUT2D eigenvalue weighted by molar-refractivity contribution is 7.99. The Morgan fingerprint density at radius 2 is 1.43 bits per heavy atom. The van der Waals surface area contributed by atoms with Crippen molar-refractivity contribution in [1.82, 2.24) is 5.06 Å². The zero-order valence-corrected chi connectivity index (χ0v) is 16.9. The summed E-state index contributed by atoms with van der Waals surface area (Å²) in [5, 5.41) is 1.60. The van der Waals surface area contributed by atoms with E-state index in [0.717, 1.165) is 4.90 Å². The van der Waals surface area contributed by atoms with Crippen LogP contribution in [0.3, 0.4) is 0 Å². The number of fused-ring (bicyclic) bond motifs is 1. The van der Waals surface area contributed by atoms with Crippen LogP contribution in [-0.2, 0) is 33.4 Å². The molecule has 1 aromatic carbocycles. The number of hydrogen-bond donors (Lipinski definition) is 0. The van der Waals surface area contributed by atoms with Gasteiger partial charge in [-0.3, -0.25) is 19.2 Å². The number of thioether (sulfide) groups is 1. The van der Waals surface area contributed by atoms with Crippen LogP contribution >= 0.6 is 11.8 Å². The molecule has 2 fully saturated rings. The van der Waals surface area contributed by atoms with Crippen LogP contribution < -0.4 is 0 Å². The highest BCUT2D eigenvalue weighted by Crippen LogP contribution is 2.48. The lowest BCUT2D eigenvalue weighted by Crippen LogP contribution is -2.45. The zero-order valence-electron chi connectivity index (χ0n) is 16.1. The number of hydrogen-bond acceptors (Lipinski definition) is 9. The standard InChI is InChI=1S/C19H23NO7S/c1-10(21)24-16-14-15(17(25-11(2)22)18(16)26-12(3)23)20(4)27-19(14)28-13-8-6-5-7-9-13/h5-9,14-19H,1-4H3/t14-,15+,16+,17-,18-,19+/m0/s1. The van der Waals surface area contributed by atoms with Gasteiger partial charge in [0.25, 0.3) is 0 Å². The van der Waals surface area contributed by atoms with E-state index < -0.39 is 47.7 Å². The first-order valence-corrected chi connectivity index (χ1v) is 9.79. The molecule has 1 aromatic rings. The molecule has 2 aliphatic rings. The first-order valence-electron chi connectivity index (χ1n) is 8.91. The topological polar surface area (TPSA) is 91.4 Å². The quantitative estimate of drug-likeness (QED) is 0.533. The number of nitrogens with zero attached hydrogens (tertiary/aromatic N) is 1. The molecule has 1 saturated heterocycles. The molecular formula is C19H23NO7S.